The van der Waals surface area contributed by atoms with Crippen LogP contribution in [0.2, 0.25) is 0 Å². The third-order valence-corrected chi connectivity index (χ3v) is 8.12. The molecule has 0 aliphatic heterocycles. The number of pyridine rings is 1. The van der Waals surface area contributed by atoms with Gasteiger partial charge < -0.3 is 20.1 Å². The minimum Gasteiger partial charge on any atom is -0.494 e. The third kappa shape index (κ3) is 8.18. The van der Waals surface area contributed by atoms with E-state index in [-0.39, 0.29) is 18.1 Å². The maximum absolute atomic E-state index is 13.6. The number of aromatic nitrogens is 1. The smallest absolute Gasteiger partial charge is 0.326 e. The molecule has 0 saturated heterocycles. The van der Waals surface area contributed by atoms with Crippen molar-refractivity contribution in [1.82, 2.24) is 4.98 Å². The number of carboxylic acid groups (broad SMARTS) is 1. The Hall–Kier alpha value is -6.28. The lowest BCUT2D eigenvalue weighted by Gasteiger charge is -2.23. The molecule has 244 valence electrons. The standard InChI is InChI=1S/C41H35N3O5/c45-39(31-13-3-1-4-14-31)34-17-8-10-19-36(34)43-38(41(47)48)28-29-20-23-33(24-21-29)49-27-11-26-44(32-15-5-2-6-16-32)40(46)37-25-22-30-12-7-9-18-35(30)42-37/h1-10,12-25,38,43H,11,26-28H2,(H,47,48). The molecular formula is C41H35N3O5. The normalized spacial score (nSPS) is 11.4. The van der Waals surface area contributed by atoms with Crippen molar-refractivity contribution in [2.75, 3.05) is 23.4 Å². The van der Waals surface area contributed by atoms with Gasteiger partial charge in [-0.05, 0) is 60.5 Å². The molecule has 6 rings (SSSR count). The van der Waals surface area contributed by atoms with E-state index < -0.39 is 12.0 Å². The number of para-hydroxylation sites is 3. The number of hydrogen-bond donors (Lipinski definition) is 2. The largest absolute Gasteiger partial charge is 0.494 e. The van der Waals surface area contributed by atoms with Crippen molar-refractivity contribution >= 4 is 39.9 Å². The topological polar surface area (TPSA) is 109 Å². The molecule has 0 fully saturated rings. The van der Waals surface area contributed by atoms with Gasteiger partial charge in [0.05, 0.1) is 12.1 Å². The molecule has 1 aromatic heterocycles. The number of rotatable bonds is 14. The maximum atomic E-state index is 13.6. The van der Waals surface area contributed by atoms with Crippen molar-refractivity contribution in [3.63, 3.8) is 0 Å². The van der Waals surface area contributed by atoms with Crippen molar-refractivity contribution in [3.05, 3.63) is 168 Å². The summed E-state index contributed by atoms with van der Waals surface area (Å²) in [7, 11) is 0. The van der Waals surface area contributed by atoms with Crippen LogP contribution >= 0.6 is 0 Å². The molecule has 0 saturated carbocycles. The molecule has 1 heterocycles. The first-order chi connectivity index (χ1) is 24.0. The number of fused-ring (bicyclic) bond motifs is 1. The van der Waals surface area contributed by atoms with E-state index in [0.717, 1.165) is 22.2 Å². The highest BCUT2D eigenvalue weighted by Crippen LogP contribution is 2.23. The fourth-order valence-electron chi connectivity index (χ4n) is 5.59. The highest BCUT2D eigenvalue weighted by molar-refractivity contribution is 6.12. The number of aliphatic carboxylic acids is 1. The fourth-order valence-corrected chi connectivity index (χ4v) is 5.59. The molecule has 8 heteroatoms. The second kappa shape index (κ2) is 15.5. The molecule has 5 aromatic carbocycles. The summed E-state index contributed by atoms with van der Waals surface area (Å²) < 4.78 is 6.00. The number of carbonyl (C=O) groups excluding carboxylic acids is 2. The SMILES string of the molecule is O=C(c1ccccc1)c1ccccc1NC(Cc1ccc(OCCCN(C(=O)c2ccc3ccccc3n2)c2ccccc2)cc1)C(=O)O. The van der Waals surface area contributed by atoms with Crippen LogP contribution in [0.4, 0.5) is 11.4 Å². The number of carbonyl (C=O) groups is 3. The molecule has 0 bridgehead atoms. The van der Waals surface area contributed by atoms with Crippen LogP contribution in [0.5, 0.6) is 5.75 Å². The van der Waals surface area contributed by atoms with E-state index in [0.29, 0.717) is 47.8 Å². The zero-order valence-corrected chi connectivity index (χ0v) is 26.7. The molecule has 8 nitrogen and oxygen atoms in total. The van der Waals surface area contributed by atoms with Gasteiger partial charge in [0.25, 0.3) is 5.91 Å². The molecule has 0 aliphatic rings. The third-order valence-electron chi connectivity index (χ3n) is 8.12. The molecule has 1 atom stereocenters. The van der Waals surface area contributed by atoms with E-state index >= 15 is 0 Å². The molecule has 6 aromatic rings. The van der Waals surface area contributed by atoms with Crippen molar-refractivity contribution in [3.8, 4) is 5.75 Å². The van der Waals surface area contributed by atoms with Gasteiger partial charge >= 0.3 is 5.97 Å². The Morgan fingerprint density at radius 3 is 2.16 bits per heavy atom. The molecule has 2 N–H and O–H groups in total. The van der Waals surface area contributed by atoms with Gasteiger partial charge in [-0.1, -0.05) is 97.1 Å². The monoisotopic (exact) mass is 649 g/mol. The van der Waals surface area contributed by atoms with Gasteiger partial charge in [0.15, 0.2) is 5.78 Å². The van der Waals surface area contributed by atoms with Gasteiger partial charge in [-0.3, -0.25) is 9.59 Å². The van der Waals surface area contributed by atoms with Crippen LogP contribution in [-0.2, 0) is 11.2 Å². The van der Waals surface area contributed by atoms with Gasteiger partial charge in [-0.15, -0.1) is 0 Å². The van der Waals surface area contributed by atoms with Crippen LogP contribution in [0, 0.1) is 0 Å². The van der Waals surface area contributed by atoms with Crippen LogP contribution < -0.4 is 15.0 Å². The number of nitrogens with zero attached hydrogens (tertiary/aromatic N) is 2. The molecule has 49 heavy (non-hydrogen) atoms. The summed E-state index contributed by atoms with van der Waals surface area (Å²) in [6.45, 7) is 0.794. The predicted molar refractivity (Wildman–Crippen MR) is 191 cm³/mol. The van der Waals surface area contributed by atoms with Crippen molar-refractivity contribution in [1.29, 1.82) is 0 Å². The van der Waals surface area contributed by atoms with E-state index in [1.807, 2.05) is 78.9 Å². The highest BCUT2D eigenvalue weighted by atomic mass is 16.5. The Bertz CT molecular complexity index is 2050. The summed E-state index contributed by atoms with van der Waals surface area (Å²) in [4.78, 5) is 45.3. The average molecular weight is 650 g/mol. The Morgan fingerprint density at radius 2 is 1.41 bits per heavy atom. The summed E-state index contributed by atoms with van der Waals surface area (Å²) >= 11 is 0. The van der Waals surface area contributed by atoms with Crippen LogP contribution in [0.1, 0.15) is 38.4 Å². The minimum absolute atomic E-state index is 0.184. The van der Waals surface area contributed by atoms with Gasteiger partial charge in [-0.2, -0.15) is 0 Å². The number of nitrogens with one attached hydrogen (secondary N) is 1. The van der Waals surface area contributed by atoms with E-state index in [9.17, 15) is 19.5 Å². The molecule has 0 radical (unpaired) electrons. The van der Waals surface area contributed by atoms with Crippen LogP contribution in [0.15, 0.2) is 146 Å². The first-order valence-electron chi connectivity index (χ1n) is 16.1. The van der Waals surface area contributed by atoms with Gasteiger partial charge in [0.1, 0.15) is 17.5 Å². The zero-order valence-electron chi connectivity index (χ0n) is 26.7. The molecule has 1 unspecified atom stereocenters. The van der Waals surface area contributed by atoms with Gasteiger partial charge in [-0.25, -0.2) is 9.78 Å². The quantitative estimate of drug-likeness (QED) is 0.0920. The second-order valence-corrected chi connectivity index (χ2v) is 11.5. The lowest BCUT2D eigenvalue weighted by Crippen LogP contribution is -2.33. The van der Waals surface area contributed by atoms with Gasteiger partial charge in [0.2, 0.25) is 0 Å². The lowest BCUT2D eigenvalue weighted by atomic mass is 10.00. The van der Waals surface area contributed by atoms with Gasteiger partial charge in [0, 0.05) is 40.9 Å². The number of anilines is 2. The molecule has 0 spiro atoms. The lowest BCUT2D eigenvalue weighted by molar-refractivity contribution is -0.137. The molecular weight excluding hydrogens is 614 g/mol. The summed E-state index contributed by atoms with van der Waals surface area (Å²) in [5.74, 6) is -0.763. The predicted octanol–water partition coefficient (Wildman–Crippen LogP) is 7.69. The number of benzene rings is 5. The summed E-state index contributed by atoms with van der Waals surface area (Å²) in [6, 6.07) is 43.0. The number of carboxylic acids is 1. The van der Waals surface area contributed by atoms with Crippen molar-refractivity contribution < 1.29 is 24.2 Å². The van der Waals surface area contributed by atoms with Crippen LogP contribution in [0.3, 0.4) is 0 Å². The van der Waals surface area contributed by atoms with Crippen molar-refractivity contribution in [2.24, 2.45) is 0 Å². The van der Waals surface area contributed by atoms with Crippen LogP contribution in [0.25, 0.3) is 10.9 Å². The van der Waals surface area contributed by atoms with Crippen LogP contribution in [-0.4, -0.2) is 46.9 Å². The van der Waals surface area contributed by atoms with Crippen molar-refractivity contribution in [2.45, 2.75) is 18.9 Å². The Balaban J connectivity index is 1.06. The Kier molecular flexibility index (Phi) is 10.4. The Morgan fingerprint density at radius 1 is 0.735 bits per heavy atom. The fraction of sp³-hybridized carbons (Fsp3) is 0.122. The number of ether oxygens (including phenoxy) is 1. The first-order valence-corrected chi connectivity index (χ1v) is 16.1. The second-order valence-electron chi connectivity index (χ2n) is 11.5. The summed E-state index contributed by atoms with van der Waals surface area (Å²) in [6.07, 6.45) is 0.766. The number of hydrogen-bond acceptors (Lipinski definition) is 6. The zero-order chi connectivity index (χ0) is 34.0. The molecule has 0 aliphatic carbocycles. The van der Waals surface area contributed by atoms with E-state index in [1.165, 1.54) is 0 Å². The first kappa shape index (κ1) is 32.7. The van der Waals surface area contributed by atoms with E-state index in [4.69, 9.17) is 4.74 Å². The number of amides is 1. The van der Waals surface area contributed by atoms with E-state index in [1.54, 1.807) is 71.6 Å². The number of ketones is 1. The molecule has 1 amide bonds. The highest BCUT2D eigenvalue weighted by Gasteiger charge is 2.22. The maximum Gasteiger partial charge on any atom is 0.326 e. The summed E-state index contributed by atoms with van der Waals surface area (Å²) in [5, 5.41) is 14.1. The minimum atomic E-state index is -1.03. The van der Waals surface area contributed by atoms with E-state index in [2.05, 4.69) is 10.3 Å². The Labute approximate surface area is 284 Å². The average Bonchev–Trinajstić information content (AvgIpc) is 3.15. The summed E-state index contributed by atoms with van der Waals surface area (Å²) in [5.41, 5.74) is 4.11.